The topological polar surface area (TPSA) is 91.9 Å². The van der Waals surface area contributed by atoms with Crippen LogP contribution >= 0.6 is 11.6 Å². The van der Waals surface area contributed by atoms with Crippen LogP contribution in [0.4, 0.5) is 16.2 Å². The van der Waals surface area contributed by atoms with Crippen LogP contribution in [0.25, 0.3) is 0 Å². The van der Waals surface area contributed by atoms with E-state index in [0.717, 1.165) is 6.54 Å². The highest BCUT2D eigenvalue weighted by Crippen LogP contribution is 2.26. The summed E-state index contributed by atoms with van der Waals surface area (Å²) >= 11 is 5.88. The predicted octanol–water partition coefficient (Wildman–Crippen LogP) is 4.08. The van der Waals surface area contributed by atoms with E-state index in [1.54, 1.807) is 61.5 Å². The first-order valence-corrected chi connectivity index (χ1v) is 11.3. The second-order valence-electron chi connectivity index (χ2n) is 8.35. The number of benzene rings is 2. The van der Waals surface area contributed by atoms with Gasteiger partial charge in [-0.2, -0.15) is 0 Å². The van der Waals surface area contributed by atoms with Crippen LogP contribution in [0.1, 0.15) is 24.2 Å². The third-order valence-electron chi connectivity index (χ3n) is 5.59. The Morgan fingerprint density at radius 3 is 2.52 bits per heavy atom. The molecule has 3 amide bonds. The molecule has 3 rings (SSSR count). The number of methoxy groups -OCH3 is 1. The minimum Gasteiger partial charge on any atom is -0.491 e. The average Bonchev–Trinajstić information content (AvgIpc) is 2.80. The highest BCUT2D eigenvalue weighted by atomic mass is 35.5. The predicted molar refractivity (Wildman–Crippen MR) is 130 cm³/mol. The van der Waals surface area contributed by atoms with Crippen molar-refractivity contribution >= 4 is 34.9 Å². The first kappa shape index (κ1) is 24.8. The van der Waals surface area contributed by atoms with Crippen molar-refractivity contribution in [3.63, 3.8) is 0 Å². The Morgan fingerprint density at radius 1 is 1.15 bits per heavy atom. The summed E-state index contributed by atoms with van der Waals surface area (Å²) in [7, 11) is 3.41. The number of carbonyl (C=O) groups excluding carboxylic acids is 2. The number of fused-ring (bicyclic) bond motifs is 1. The number of carbonyl (C=O) groups is 2. The molecule has 0 spiro atoms. The van der Waals surface area contributed by atoms with Gasteiger partial charge < -0.3 is 30.3 Å². The third kappa shape index (κ3) is 6.83. The highest BCUT2D eigenvalue weighted by Gasteiger charge is 2.25. The van der Waals surface area contributed by atoms with Crippen LogP contribution < -0.4 is 20.7 Å². The molecule has 0 bridgehead atoms. The molecule has 2 aromatic rings. The number of nitrogens with one attached hydrogen (secondary N) is 3. The van der Waals surface area contributed by atoms with Gasteiger partial charge in [-0.05, 0) is 49.2 Å². The van der Waals surface area contributed by atoms with E-state index < -0.39 is 6.03 Å². The van der Waals surface area contributed by atoms with Gasteiger partial charge in [-0.1, -0.05) is 18.5 Å². The van der Waals surface area contributed by atoms with Crippen molar-refractivity contribution in [1.82, 2.24) is 10.2 Å². The Bertz CT molecular complexity index is 969. The second kappa shape index (κ2) is 11.4. The Hall–Kier alpha value is -2.81. The lowest BCUT2D eigenvalue weighted by atomic mass is 10.0. The van der Waals surface area contributed by atoms with Crippen molar-refractivity contribution < 1.29 is 19.1 Å². The van der Waals surface area contributed by atoms with Crippen LogP contribution in [0.5, 0.6) is 5.75 Å². The number of amides is 3. The molecule has 0 unspecified atom stereocenters. The Kier molecular flexibility index (Phi) is 8.55. The molecule has 8 nitrogen and oxygen atoms in total. The molecule has 0 aromatic heterocycles. The van der Waals surface area contributed by atoms with Crippen molar-refractivity contribution in [2.24, 2.45) is 5.92 Å². The Morgan fingerprint density at radius 2 is 1.82 bits per heavy atom. The molecule has 0 fully saturated rings. The van der Waals surface area contributed by atoms with E-state index in [1.165, 1.54) is 0 Å². The van der Waals surface area contributed by atoms with Crippen molar-refractivity contribution in [3.8, 4) is 5.75 Å². The van der Waals surface area contributed by atoms with Gasteiger partial charge in [0, 0.05) is 55.8 Å². The number of ether oxygens (including phenoxy) is 2. The normalized spacial score (nSPS) is 21.8. The van der Waals surface area contributed by atoms with Crippen molar-refractivity contribution in [1.29, 1.82) is 0 Å². The van der Waals surface area contributed by atoms with Crippen molar-refractivity contribution in [2.45, 2.75) is 26.0 Å². The minimum absolute atomic E-state index is 0.0647. The molecule has 3 atom stereocenters. The first-order chi connectivity index (χ1) is 15.8. The molecular weight excluding hydrogens is 444 g/mol. The zero-order valence-electron chi connectivity index (χ0n) is 19.4. The standard InChI is InChI=1S/C24H31ClN4O4/c1-15-12-26-16(2)14-33-21-11-19(28-24(31)27-18-7-5-17(25)6-8-18)9-10-20(21)23(30)29(3)13-22(15)32-4/h5-11,15-16,22,26H,12-14H2,1-4H3,(H2,27,28,31)/t15-,16+,22+/m1/s1. The highest BCUT2D eigenvalue weighted by molar-refractivity contribution is 6.30. The van der Waals surface area contributed by atoms with Gasteiger partial charge in [0.15, 0.2) is 0 Å². The summed E-state index contributed by atoms with van der Waals surface area (Å²) < 4.78 is 11.6. The van der Waals surface area contributed by atoms with Crippen LogP contribution in [0.15, 0.2) is 42.5 Å². The maximum Gasteiger partial charge on any atom is 0.323 e. The molecule has 3 N–H and O–H groups in total. The number of anilines is 2. The smallest absolute Gasteiger partial charge is 0.323 e. The molecule has 0 aliphatic carbocycles. The van der Waals surface area contributed by atoms with Crippen molar-refractivity contribution in [3.05, 3.63) is 53.1 Å². The molecule has 33 heavy (non-hydrogen) atoms. The lowest BCUT2D eigenvalue weighted by Gasteiger charge is -2.30. The largest absolute Gasteiger partial charge is 0.491 e. The SMILES string of the molecule is CO[C@H]1CN(C)C(=O)c2ccc(NC(=O)Nc3ccc(Cl)cc3)cc2OC[C@H](C)NC[C@H]1C. The van der Waals surface area contributed by atoms with Crippen LogP contribution in [0, 0.1) is 5.92 Å². The number of rotatable bonds is 3. The summed E-state index contributed by atoms with van der Waals surface area (Å²) in [6, 6.07) is 11.5. The Balaban J connectivity index is 1.80. The van der Waals surface area contributed by atoms with E-state index in [4.69, 9.17) is 21.1 Å². The molecule has 9 heteroatoms. The monoisotopic (exact) mass is 474 g/mol. The summed E-state index contributed by atoms with van der Waals surface area (Å²) in [6.07, 6.45) is -0.0973. The van der Waals surface area contributed by atoms with Gasteiger partial charge in [-0.3, -0.25) is 4.79 Å². The molecule has 1 aliphatic rings. The molecule has 178 valence electrons. The molecule has 1 heterocycles. The fraction of sp³-hybridized carbons (Fsp3) is 0.417. The van der Waals surface area contributed by atoms with Gasteiger partial charge in [-0.15, -0.1) is 0 Å². The van der Waals surface area contributed by atoms with E-state index in [0.29, 0.717) is 40.9 Å². The zero-order chi connectivity index (χ0) is 24.0. The van der Waals surface area contributed by atoms with Crippen LogP contribution in [-0.2, 0) is 4.74 Å². The van der Waals surface area contributed by atoms with E-state index in [1.807, 2.05) is 6.92 Å². The quantitative estimate of drug-likeness (QED) is 0.623. The lowest BCUT2D eigenvalue weighted by Crippen LogP contribution is -2.44. The number of halogens is 1. The van der Waals surface area contributed by atoms with E-state index >= 15 is 0 Å². The average molecular weight is 475 g/mol. The molecule has 0 radical (unpaired) electrons. The minimum atomic E-state index is -0.416. The molecule has 0 saturated carbocycles. The van der Waals surface area contributed by atoms with Crippen LogP contribution in [-0.4, -0.2) is 62.8 Å². The number of urea groups is 1. The maximum absolute atomic E-state index is 13.2. The number of hydrogen-bond acceptors (Lipinski definition) is 5. The lowest BCUT2D eigenvalue weighted by molar-refractivity contribution is 0.0281. The zero-order valence-corrected chi connectivity index (χ0v) is 20.1. The van der Waals surface area contributed by atoms with Gasteiger partial charge in [0.05, 0.1) is 11.7 Å². The maximum atomic E-state index is 13.2. The van der Waals surface area contributed by atoms with Crippen LogP contribution in [0.3, 0.4) is 0 Å². The number of hydrogen-bond donors (Lipinski definition) is 3. The Labute approximate surface area is 199 Å². The fourth-order valence-corrected chi connectivity index (χ4v) is 3.69. The summed E-state index contributed by atoms with van der Waals surface area (Å²) in [5, 5.41) is 9.56. The van der Waals surface area contributed by atoms with E-state index in [-0.39, 0.29) is 24.0 Å². The van der Waals surface area contributed by atoms with Gasteiger partial charge in [-0.25, -0.2) is 4.79 Å². The third-order valence-corrected chi connectivity index (χ3v) is 5.84. The molecule has 2 aromatic carbocycles. The summed E-state index contributed by atoms with van der Waals surface area (Å²) in [4.78, 5) is 27.2. The van der Waals surface area contributed by atoms with Gasteiger partial charge in [0.2, 0.25) is 0 Å². The molecule has 0 saturated heterocycles. The van der Waals surface area contributed by atoms with Gasteiger partial charge >= 0.3 is 6.03 Å². The van der Waals surface area contributed by atoms with Crippen molar-refractivity contribution in [2.75, 3.05) is 44.5 Å². The summed E-state index contributed by atoms with van der Waals surface area (Å²) in [5.74, 6) is 0.460. The second-order valence-corrected chi connectivity index (χ2v) is 8.79. The number of nitrogens with zero attached hydrogens (tertiary/aromatic N) is 1. The van der Waals surface area contributed by atoms with Gasteiger partial charge in [0.1, 0.15) is 12.4 Å². The molecular formula is C24H31ClN4O4. The summed E-state index contributed by atoms with van der Waals surface area (Å²) in [6.45, 7) is 5.68. The van der Waals surface area contributed by atoms with E-state index in [9.17, 15) is 9.59 Å². The number of likely N-dealkylation sites (N-methyl/N-ethyl adjacent to an activating group) is 1. The first-order valence-electron chi connectivity index (χ1n) is 10.9. The van der Waals surface area contributed by atoms with E-state index in [2.05, 4.69) is 22.9 Å². The van der Waals surface area contributed by atoms with Crippen LogP contribution in [0.2, 0.25) is 5.02 Å². The van der Waals surface area contributed by atoms with Gasteiger partial charge in [0.25, 0.3) is 5.91 Å². The fourth-order valence-electron chi connectivity index (χ4n) is 3.56. The summed E-state index contributed by atoms with van der Waals surface area (Å²) in [5.41, 5.74) is 1.54. The molecule has 1 aliphatic heterocycles.